The Labute approximate surface area is 162 Å². The third kappa shape index (κ3) is 3.36. The van der Waals surface area contributed by atoms with Crippen LogP contribution < -0.4 is 0 Å². The first-order chi connectivity index (χ1) is 13.5. The SMILES string of the molecule is CC(C)c1cc(-c2ncoc2-c2ccc(Cn3ccnc3)cc2)c(O)cc1O. The lowest BCUT2D eigenvalue weighted by molar-refractivity contribution is 0.445. The van der Waals surface area contributed by atoms with Gasteiger partial charge < -0.3 is 19.2 Å². The summed E-state index contributed by atoms with van der Waals surface area (Å²) in [6.07, 6.45) is 6.82. The maximum Gasteiger partial charge on any atom is 0.182 e. The van der Waals surface area contributed by atoms with Crippen LogP contribution in [0.15, 0.2) is 65.9 Å². The van der Waals surface area contributed by atoms with Gasteiger partial charge in [-0.25, -0.2) is 9.97 Å². The van der Waals surface area contributed by atoms with E-state index in [1.807, 2.05) is 48.9 Å². The molecule has 28 heavy (non-hydrogen) atoms. The van der Waals surface area contributed by atoms with E-state index in [4.69, 9.17) is 4.42 Å². The van der Waals surface area contributed by atoms with Crippen LogP contribution >= 0.6 is 0 Å². The van der Waals surface area contributed by atoms with Gasteiger partial charge in [0.1, 0.15) is 17.2 Å². The second-order valence-corrected chi connectivity index (χ2v) is 7.04. The molecule has 0 fully saturated rings. The minimum atomic E-state index is -0.0335. The molecule has 2 N–H and O–H groups in total. The molecule has 0 aliphatic carbocycles. The first kappa shape index (κ1) is 17.9. The monoisotopic (exact) mass is 375 g/mol. The van der Waals surface area contributed by atoms with Crippen LogP contribution in [-0.4, -0.2) is 24.7 Å². The smallest absolute Gasteiger partial charge is 0.182 e. The zero-order valence-electron chi connectivity index (χ0n) is 15.7. The predicted molar refractivity (Wildman–Crippen MR) is 106 cm³/mol. The largest absolute Gasteiger partial charge is 0.508 e. The fourth-order valence-electron chi connectivity index (χ4n) is 3.24. The van der Waals surface area contributed by atoms with E-state index in [0.717, 1.165) is 23.2 Å². The van der Waals surface area contributed by atoms with Crippen molar-refractivity contribution in [3.63, 3.8) is 0 Å². The summed E-state index contributed by atoms with van der Waals surface area (Å²) in [6.45, 7) is 4.71. The Morgan fingerprint density at radius 2 is 1.86 bits per heavy atom. The number of phenols is 2. The van der Waals surface area contributed by atoms with E-state index in [1.54, 1.807) is 18.6 Å². The molecule has 0 aliphatic rings. The van der Waals surface area contributed by atoms with Crippen LogP contribution in [0, 0.1) is 0 Å². The summed E-state index contributed by atoms with van der Waals surface area (Å²) in [4.78, 5) is 8.37. The van der Waals surface area contributed by atoms with Gasteiger partial charge in [-0.3, -0.25) is 0 Å². The Hall–Kier alpha value is -3.54. The van der Waals surface area contributed by atoms with Gasteiger partial charge in [0, 0.05) is 36.1 Å². The highest BCUT2D eigenvalue weighted by atomic mass is 16.3. The molecule has 0 saturated carbocycles. The fourth-order valence-corrected chi connectivity index (χ4v) is 3.24. The van der Waals surface area contributed by atoms with Crippen LogP contribution in [0.1, 0.15) is 30.9 Å². The number of aromatic hydroxyl groups is 2. The van der Waals surface area contributed by atoms with Crippen molar-refractivity contribution in [3.8, 4) is 34.1 Å². The molecule has 0 unspecified atom stereocenters. The van der Waals surface area contributed by atoms with Crippen LogP contribution in [0.4, 0.5) is 0 Å². The minimum Gasteiger partial charge on any atom is -0.508 e. The Balaban J connectivity index is 1.69. The van der Waals surface area contributed by atoms with Crippen molar-refractivity contribution in [2.75, 3.05) is 0 Å². The summed E-state index contributed by atoms with van der Waals surface area (Å²) < 4.78 is 7.63. The maximum absolute atomic E-state index is 10.4. The lowest BCUT2D eigenvalue weighted by atomic mass is 9.96. The van der Waals surface area contributed by atoms with Crippen molar-refractivity contribution in [2.45, 2.75) is 26.3 Å². The lowest BCUT2D eigenvalue weighted by Crippen LogP contribution is -1.96. The van der Waals surface area contributed by atoms with E-state index < -0.39 is 0 Å². The molecule has 2 heterocycles. The molecule has 0 aliphatic heterocycles. The highest BCUT2D eigenvalue weighted by Crippen LogP contribution is 2.40. The summed E-state index contributed by atoms with van der Waals surface area (Å²) in [6, 6.07) is 11.1. The number of hydrogen-bond donors (Lipinski definition) is 2. The Bertz CT molecular complexity index is 1080. The van der Waals surface area contributed by atoms with Crippen molar-refractivity contribution < 1.29 is 14.6 Å². The van der Waals surface area contributed by atoms with Crippen molar-refractivity contribution >= 4 is 0 Å². The van der Waals surface area contributed by atoms with E-state index in [-0.39, 0.29) is 17.4 Å². The van der Waals surface area contributed by atoms with Crippen LogP contribution in [-0.2, 0) is 6.54 Å². The molecule has 0 atom stereocenters. The summed E-state index contributed by atoms with van der Waals surface area (Å²) in [5.41, 5.74) is 3.82. The zero-order valence-corrected chi connectivity index (χ0v) is 15.7. The third-order valence-electron chi connectivity index (χ3n) is 4.73. The van der Waals surface area contributed by atoms with E-state index >= 15 is 0 Å². The Kier molecular flexibility index (Phi) is 4.61. The first-order valence-corrected chi connectivity index (χ1v) is 9.07. The van der Waals surface area contributed by atoms with Crippen molar-refractivity contribution in [3.05, 3.63) is 72.6 Å². The average molecular weight is 375 g/mol. The molecular weight excluding hydrogens is 354 g/mol. The van der Waals surface area contributed by atoms with Crippen molar-refractivity contribution in [2.24, 2.45) is 0 Å². The molecule has 6 heteroatoms. The quantitative estimate of drug-likeness (QED) is 0.524. The topological polar surface area (TPSA) is 84.3 Å². The normalized spacial score (nSPS) is 11.2. The highest BCUT2D eigenvalue weighted by Gasteiger charge is 2.19. The van der Waals surface area contributed by atoms with Crippen LogP contribution in [0.3, 0.4) is 0 Å². The highest BCUT2D eigenvalue weighted by molar-refractivity contribution is 5.81. The molecule has 4 aromatic rings. The van der Waals surface area contributed by atoms with Crippen LogP contribution in [0.5, 0.6) is 11.5 Å². The van der Waals surface area contributed by atoms with Crippen LogP contribution in [0.25, 0.3) is 22.6 Å². The number of rotatable bonds is 5. The summed E-state index contributed by atoms with van der Waals surface area (Å²) >= 11 is 0. The van der Waals surface area contributed by atoms with Gasteiger partial charge in [-0.2, -0.15) is 0 Å². The number of oxazole rings is 1. The average Bonchev–Trinajstić information content (AvgIpc) is 3.34. The Morgan fingerprint density at radius 3 is 2.54 bits per heavy atom. The van der Waals surface area contributed by atoms with Gasteiger partial charge >= 0.3 is 0 Å². The molecule has 0 bridgehead atoms. The van der Waals surface area contributed by atoms with Gasteiger partial charge in [-0.15, -0.1) is 0 Å². The van der Waals surface area contributed by atoms with Crippen LogP contribution in [0.2, 0.25) is 0 Å². The molecule has 142 valence electrons. The van der Waals surface area contributed by atoms with Crippen molar-refractivity contribution in [1.82, 2.24) is 14.5 Å². The molecule has 2 aromatic heterocycles. The Morgan fingerprint density at radius 1 is 1.07 bits per heavy atom. The summed E-state index contributed by atoms with van der Waals surface area (Å²) in [5.74, 6) is 0.723. The van der Waals surface area contributed by atoms with E-state index in [2.05, 4.69) is 9.97 Å². The second kappa shape index (κ2) is 7.23. The minimum absolute atomic E-state index is 0.0335. The van der Waals surface area contributed by atoms with Gasteiger partial charge in [-0.1, -0.05) is 38.1 Å². The molecule has 0 radical (unpaired) electrons. The third-order valence-corrected chi connectivity index (χ3v) is 4.73. The molecule has 0 amide bonds. The number of imidazole rings is 1. The fraction of sp³-hybridized carbons (Fsp3) is 0.182. The second-order valence-electron chi connectivity index (χ2n) is 7.04. The number of phenolic OH excluding ortho intramolecular Hbond substituents is 2. The van der Waals surface area contributed by atoms with Gasteiger partial charge in [-0.05, 0) is 23.1 Å². The van der Waals surface area contributed by atoms with Gasteiger partial charge in [0.2, 0.25) is 0 Å². The molecule has 0 saturated heterocycles. The molecule has 6 nitrogen and oxygen atoms in total. The first-order valence-electron chi connectivity index (χ1n) is 9.07. The molecule has 0 spiro atoms. The predicted octanol–water partition coefficient (Wildman–Crippen LogP) is 4.79. The van der Waals surface area contributed by atoms with Gasteiger partial charge in [0.15, 0.2) is 12.2 Å². The summed E-state index contributed by atoms with van der Waals surface area (Å²) in [5, 5.41) is 20.5. The number of nitrogens with zero attached hydrogens (tertiary/aromatic N) is 3. The van der Waals surface area contributed by atoms with E-state index in [9.17, 15) is 10.2 Å². The molecule has 4 rings (SSSR count). The number of aromatic nitrogens is 3. The summed E-state index contributed by atoms with van der Waals surface area (Å²) in [7, 11) is 0. The zero-order chi connectivity index (χ0) is 19.7. The molecule has 2 aromatic carbocycles. The maximum atomic E-state index is 10.4. The van der Waals surface area contributed by atoms with E-state index in [1.165, 1.54) is 12.5 Å². The van der Waals surface area contributed by atoms with Gasteiger partial charge in [0.05, 0.1) is 6.33 Å². The number of benzene rings is 2. The standard InChI is InChI=1S/C22H21N3O3/c1-14(2)17-9-18(20(27)10-19(17)26)21-22(28-13-24-21)16-5-3-15(4-6-16)11-25-8-7-23-12-25/h3-10,12-14,26-27H,11H2,1-2H3. The lowest BCUT2D eigenvalue weighted by Gasteiger charge is -2.12. The molecular formula is C22H21N3O3. The number of hydrogen-bond acceptors (Lipinski definition) is 5. The van der Waals surface area contributed by atoms with E-state index in [0.29, 0.717) is 17.0 Å². The van der Waals surface area contributed by atoms with Crippen molar-refractivity contribution in [1.29, 1.82) is 0 Å². The van der Waals surface area contributed by atoms with Gasteiger partial charge in [0.25, 0.3) is 0 Å².